The van der Waals surface area contributed by atoms with Gasteiger partial charge in [-0.3, -0.25) is 4.79 Å². The summed E-state index contributed by atoms with van der Waals surface area (Å²) in [6, 6.07) is 6.22. The van der Waals surface area contributed by atoms with Crippen molar-refractivity contribution in [2.45, 2.75) is 69.3 Å². The van der Waals surface area contributed by atoms with Crippen LogP contribution in [0.1, 0.15) is 51.5 Å². The summed E-state index contributed by atoms with van der Waals surface area (Å²) in [5.41, 5.74) is 1.86. The Balaban J connectivity index is 1.78. The lowest BCUT2D eigenvalue weighted by Crippen LogP contribution is -2.44. The van der Waals surface area contributed by atoms with Crippen LogP contribution in [-0.2, 0) is 4.79 Å². The van der Waals surface area contributed by atoms with Crippen molar-refractivity contribution in [2.24, 2.45) is 0 Å². The van der Waals surface area contributed by atoms with Crippen LogP contribution in [0, 0.1) is 6.92 Å². The van der Waals surface area contributed by atoms with Crippen LogP contribution in [0.5, 0.6) is 5.75 Å². The Bertz CT molecular complexity index is 804. The molecule has 0 bridgehead atoms. The molecule has 0 unspecified atom stereocenters. The van der Waals surface area contributed by atoms with Crippen molar-refractivity contribution in [1.82, 2.24) is 25.1 Å². The standard InChI is InChI=1S/C20H29N5O2S/c1-5-24(16-9-7-6-8-10-16)19(26)15(3)28-20-21-22-23-25(20)17-13-14(2)11-12-18(17)27-4/h11-13,15-16H,5-10H2,1-4H3/t15-/m0/s1. The van der Waals surface area contributed by atoms with E-state index in [2.05, 4.69) is 22.4 Å². The van der Waals surface area contributed by atoms with Crippen molar-refractivity contribution >= 4 is 17.7 Å². The minimum absolute atomic E-state index is 0.158. The van der Waals surface area contributed by atoms with E-state index in [0.717, 1.165) is 30.6 Å². The highest BCUT2D eigenvalue weighted by molar-refractivity contribution is 8.00. The monoisotopic (exact) mass is 403 g/mol. The van der Waals surface area contributed by atoms with Crippen molar-refractivity contribution in [2.75, 3.05) is 13.7 Å². The SMILES string of the molecule is CCN(C(=O)[C@H](C)Sc1nnnn1-c1cc(C)ccc1OC)C1CCCCC1. The maximum absolute atomic E-state index is 13.1. The van der Waals surface area contributed by atoms with Crippen molar-refractivity contribution in [1.29, 1.82) is 0 Å². The fourth-order valence-corrected chi connectivity index (χ4v) is 4.67. The second-order valence-corrected chi connectivity index (χ2v) is 8.53. The number of tetrazole rings is 1. The summed E-state index contributed by atoms with van der Waals surface area (Å²) in [5.74, 6) is 0.848. The number of aromatic nitrogens is 4. The first-order valence-corrected chi connectivity index (χ1v) is 10.8. The number of methoxy groups -OCH3 is 1. The summed E-state index contributed by atoms with van der Waals surface area (Å²) >= 11 is 1.39. The highest BCUT2D eigenvalue weighted by atomic mass is 32.2. The van der Waals surface area contributed by atoms with Crippen LogP contribution in [-0.4, -0.2) is 56.0 Å². The molecule has 0 N–H and O–H groups in total. The van der Waals surface area contributed by atoms with E-state index in [9.17, 15) is 4.79 Å². The number of hydrogen-bond donors (Lipinski definition) is 0. The van der Waals surface area contributed by atoms with Gasteiger partial charge in [-0.05, 0) is 61.7 Å². The topological polar surface area (TPSA) is 73.1 Å². The number of thioether (sulfide) groups is 1. The number of nitrogens with zero attached hydrogens (tertiary/aromatic N) is 5. The van der Waals surface area contributed by atoms with Gasteiger partial charge in [0.15, 0.2) is 0 Å². The maximum Gasteiger partial charge on any atom is 0.236 e. The van der Waals surface area contributed by atoms with Crippen LogP contribution >= 0.6 is 11.8 Å². The Kier molecular flexibility index (Phi) is 6.93. The van der Waals surface area contributed by atoms with Crippen molar-refractivity contribution in [3.8, 4) is 11.4 Å². The van der Waals surface area contributed by atoms with Crippen LogP contribution in [0.4, 0.5) is 0 Å². The lowest BCUT2D eigenvalue weighted by molar-refractivity contribution is -0.133. The van der Waals surface area contributed by atoms with Crippen LogP contribution in [0.3, 0.4) is 0 Å². The molecule has 1 saturated carbocycles. The van der Waals surface area contributed by atoms with Gasteiger partial charge in [-0.1, -0.05) is 37.1 Å². The normalized spacial score (nSPS) is 16.0. The van der Waals surface area contributed by atoms with Gasteiger partial charge >= 0.3 is 0 Å². The molecule has 152 valence electrons. The van der Waals surface area contributed by atoms with Crippen LogP contribution < -0.4 is 4.74 Å². The molecule has 2 aromatic rings. The molecule has 1 atom stereocenters. The maximum atomic E-state index is 13.1. The Hall–Kier alpha value is -2.09. The molecule has 8 heteroatoms. The highest BCUT2D eigenvalue weighted by Crippen LogP contribution is 2.30. The highest BCUT2D eigenvalue weighted by Gasteiger charge is 2.29. The Labute approximate surface area is 170 Å². The van der Waals surface area contributed by atoms with E-state index in [4.69, 9.17) is 4.74 Å². The van der Waals surface area contributed by atoms with E-state index < -0.39 is 0 Å². The number of amides is 1. The molecule has 0 spiro atoms. The fraction of sp³-hybridized carbons (Fsp3) is 0.600. The summed E-state index contributed by atoms with van der Waals surface area (Å²) in [4.78, 5) is 15.2. The summed E-state index contributed by atoms with van der Waals surface area (Å²) in [5, 5.41) is 12.4. The second-order valence-electron chi connectivity index (χ2n) is 7.22. The van der Waals surface area contributed by atoms with E-state index >= 15 is 0 Å². The molecule has 1 aliphatic rings. The number of aryl methyl sites for hydroxylation is 1. The number of carbonyl (C=O) groups excluding carboxylic acids is 1. The molecule has 1 aromatic carbocycles. The average molecular weight is 404 g/mol. The van der Waals surface area contributed by atoms with E-state index in [1.807, 2.05) is 36.9 Å². The smallest absolute Gasteiger partial charge is 0.236 e. The molecule has 1 aromatic heterocycles. The summed E-state index contributed by atoms with van der Waals surface area (Å²) < 4.78 is 7.12. The molecule has 0 radical (unpaired) electrons. The third kappa shape index (κ3) is 4.48. The molecule has 28 heavy (non-hydrogen) atoms. The molecule has 0 aliphatic heterocycles. The summed E-state index contributed by atoms with van der Waals surface area (Å²) in [6.07, 6.45) is 5.91. The number of benzene rings is 1. The molecule has 0 saturated heterocycles. The van der Waals surface area contributed by atoms with E-state index in [0.29, 0.717) is 16.9 Å². The third-order valence-electron chi connectivity index (χ3n) is 5.27. The molecule has 3 rings (SSSR count). The number of carbonyl (C=O) groups is 1. The quantitative estimate of drug-likeness (QED) is 0.657. The Morgan fingerprint density at radius 3 is 2.79 bits per heavy atom. The number of hydrogen-bond acceptors (Lipinski definition) is 6. The van der Waals surface area contributed by atoms with Crippen LogP contribution in [0.25, 0.3) is 5.69 Å². The van der Waals surface area contributed by atoms with Gasteiger partial charge in [0.2, 0.25) is 11.1 Å². The predicted octanol–water partition coefficient (Wildman–Crippen LogP) is 3.64. The lowest BCUT2D eigenvalue weighted by Gasteiger charge is -2.35. The number of rotatable bonds is 7. The van der Waals surface area contributed by atoms with Crippen molar-refractivity contribution in [3.05, 3.63) is 23.8 Å². The average Bonchev–Trinajstić information content (AvgIpc) is 3.17. The first-order valence-electron chi connectivity index (χ1n) is 9.95. The first kappa shape index (κ1) is 20.6. The van der Waals surface area contributed by atoms with Crippen LogP contribution in [0.15, 0.2) is 23.4 Å². The minimum atomic E-state index is -0.262. The molecule has 7 nitrogen and oxygen atoms in total. The van der Waals surface area contributed by atoms with Gasteiger partial charge in [-0.2, -0.15) is 4.68 Å². The number of ether oxygens (including phenoxy) is 1. The van der Waals surface area contributed by atoms with Gasteiger partial charge in [0.1, 0.15) is 11.4 Å². The van der Waals surface area contributed by atoms with E-state index in [-0.39, 0.29) is 11.2 Å². The Morgan fingerprint density at radius 1 is 1.36 bits per heavy atom. The van der Waals surface area contributed by atoms with Crippen LogP contribution in [0.2, 0.25) is 0 Å². The molecular formula is C20H29N5O2S. The van der Waals surface area contributed by atoms with E-state index in [1.165, 1.54) is 31.0 Å². The third-order valence-corrected chi connectivity index (χ3v) is 6.29. The van der Waals surface area contributed by atoms with Gasteiger partial charge < -0.3 is 9.64 Å². The molecule has 1 amide bonds. The fourth-order valence-electron chi connectivity index (χ4n) is 3.80. The van der Waals surface area contributed by atoms with Gasteiger partial charge in [-0.25, -0.2) is 0 Å². The van der Waals surface area contributed by atoms with Gasteiger partial charge in [0.25, 0.3) is 0 Å². The first-order chi connectivity index (χ1) is 13.5. The van der Waals surface area contributed by atoms with Gasteiger partial charge in [0, 0.05) is 12.6 Å². The van der Waals surface area contributed by atoms with Crippen molar-refractivity contribution in [3.63, 3.8) is 0 Å². The second kappa shape index (κ2) is 9.41. The minimum Gasteiger partial charge on any atom is -0.494 e. The zero-order chi connectivity index (χ0) is 20.1. The zero-order valence-corrected chi connectivity index (χ0v) is 17.9. The Morgan fingerprint density at radius 2 is 2.11 bits per heavy atom. The van der Waals surface area contributed by atoms with E-state index in [1.54, 1.807) is 11.8 Å². The summed E-state index contributed by atoms with van der Waals surface area (Å²) in [7, 11) is 1.63. The van der Waals surface area contributed by atoms with Gasteiger partial charge in [0.05, 0.1) is 12.4 Å². The predicted molar refractivity (Wildman–Crippen MR) is 110 cm³/mol. The van der Waals surface area contributed by atoms with Crippen molar-refractivity contribution < 1.29 is 9.53 Å². The molecular weight excluding hydrogens is 374 g/mol. The molecule has 1 aliphatic carbocycles. The summed E-state index contributed by atoms with van der Waals surface area (Å²) in [6.45, 7) is 6.75. The van der Waals surface area contributed by atoms with Gasteiger partial charge in [-0.15, -0.1) is 5.10 Å². The zero-order valence-electron chi connectivity index (χ0n) is 17.1. The molecule has 1 fully saturated rings. The largest absolute Gasteiger partial charge is 0.494 e. The lowest BCUT2D eigenvalue weighted by atomic mass is 9.94. The molecule has 1 heterocycles.